The second-order valence-electron chi connectivity index (χ2n) is 4.10. The Bertz CT molecular complexity index is 566. The van der Waals surface area contributed by atoms with Gasteiger partial charge in [-0.3, -0.25) is 0 Å². The summed E-state index contributed by atoms with van der Waals surface area (Å²) in [5.41, 5.74) is 4.90. The first-order valence-electron chi connectivity index (χ1n) is 5.48. The van der Waals surface area contributed by atoms with Crippen LogP contribution in [0.4, 0.5) is 0 Å². The van der Waals surface area contributed by atoms with E-state index in [-0.39, 0.29) is 0 Å². The highest BCUT2D eigenvalue weighted by atomic mass is 16.6. The van der Waals surface area contributed by atoms with Crippen LogP contribution in [0.15, 0.2) is 42.5 Å². The van der Waals surface area contributed by atoms with Gasteiger partial charge in [0.15, 0.2) is 0 Å². The van der Waals surface area contributed by atoms with Crippen molar-refractivity contribution in [1.82, 2.24) is 0 Å². The molecule has 1 aliphatic rings. The largest absolute Gasteiger partial charge is 0.707 e. The van der Waals surface area contributed by atoms with Crippen molar-refractivity contribution in [3.05, 3.63) is 53.6 Å². The molecule has 4 heteroatoms. The highest BCUT2D eigenvalue weighted by molar-refractivity contribution is 6.33. The molecule has 3 rings (SSSR count). The molecule has 0 radical (unpaired) electrons. The minimum Gasteiger partial charge on any atom is -0.512 e. The smallest absolute Gasteiger partial charge is 0.512 e. The fourth-order valence-electron chi connectivity index (χ4n) is 2.32. The number of rotatable bonds is 2. The Hall–Kier alpha value is -1.78. The van der Waals surface area contributed by atoms with Crippen molar-refractivity contribution in [2.75, 3.05) is 0 Å². The van der Waals surface area contributed by atoms with Gasteiger partial charge in [0.05, 0.1) is 0 Å². The average Bonchev–Trinajstić information content (AvgIpc) is 2.65. The average molecular weight is 226 g/mol. The molecular formula is C13H11BO3. The molecule has 0 saturated heterocycles. The van der Waals surface area contributed by atoms with E-state index in [2.05, 4.69) is 12.1 Å². The maximum atomic E-state index is 8.76. The summed E-state index contributed by atoms with van der Waals surface area (Å²) in [6.07, 6.45) is 0.865. The summed E-state index contributed by atoms with van der Waals surface area (Å²) in [5, 5.41) is 17.5. The van der Waals surface area contributed by atoms with E-state index in [1.165, 1.54) is 16.7 Å². The highest BCUT2D eigenvalue weighted by Gasteiger charge is 2.19. The Balaban J connectivity index is 2.01. The van der Waals surface area contributed by atoms with Crippen molar-refractivity contribution in [3.8, 4) is 16.9 Å². The summed E-state index contributed by atoms with van der Waals surface area (Å²) in [6, 6.07) is 13.8. The van der Waals surface area contributed by atoms with Crippen LogP contribution in [-0.2, 0) is 6.42 Å². The van der Waals surface area contributed by atoms with Gasteiger partial charge in [0, 0.05) is 0 Å². The molecule has 84 valence electrons. The van der Waals surface area contributed by atoms with Gasteiger partial charge in [-0.05, 0) is 40.8 Å². The Labute approximate surface area is 99.5 Å². The van der Waals surface area contributed by atoms with Crippen LogP contribution >= 0.6 is 0 Å². The van der Waals surface area contributed by atoms with E-state index in [0.717, 1.165) is 12.0 Å². The highest BCUT2D eigenvalue weighted by Crippen LogP contribution is 2.37. The summed E-state index contributed by atoms with van der Waals surface area (Å²) in [6.45, 7) is 0. The quantitative estimate of drug-likeness (QED) is 0.652. The van der Waals surface area contributed by atoms with Crippen molar-refractivity contribution >= 4 is 7.32 Å². The van der Waals surface area contributed by atoms with Gasteiger partial charge in [-0.1, -0.05) is 30.3 Å². The van der Waals surface area contributed by atoms with Crippen LogP contribution in [0.5, 0.6) is 5.75 Å². The SMILES string of the molecule is OB(O)Oc1ccc2c(c1)Cc1ccccc1-2. The van der Waals surface area contributed by atoms with E-state index in [9.17, 15) is 0 Å². The monoisotopic (exact) mass is 226 g/mol. The molecule has 2 aromatic carbocycles. The molecule has 0 heterocycles. The zero-order chi connectivity index (χ0) is 11.8. The molecule has 0 atom stereocenters. The zero-order valence-electron chi connectivity index (χ0n) is 9.13. The van der Waals surface area contributed by atoms with Gasteiger partial charge in [-0.15, -0.1) is 0 Å². The third kappa shape index (κ3) is 1.81. The number of benzene rings is 2. The summed E-state index contributed by atoms with van der Waals surface area (Å²) >= 11 is 0. The van der Waals surface area contributed by atoms with Crippen molar-refractivity contribution < 1.29 is 14.7 Å². The number of fused-ring (bicyclic) bond motifs is 3. The minimum atomic E-state index is -1.77. The topological polar surface area (TPSA) is 49.7 Å². The van der Waals surface area contributed by atoms with Gasteiger partial charge in [-0.25, -0.2) is 0 Å². The lowest BCUT2D eigenvalue weighted by Gasteiger charge is -2.06. The van der Waals surface area contributed by atoms with E-state index in [1.54, 1.807) is 6.07 Å². The second kappa shape index (κ2) is 3.91. The molecule has 0 amide bonds. The van der Waals surface area contributed by atoms with Crippen LogP contribution in [0.1, 0.15) is 11.1 Å². The molecule has 17 heavy (non-hydrogen) atoms. The van der Waals surface area contributed by atoms with Crippen LogP contribution < -0.4 is 4.65 Å². The third-order valence-electron chi connectivity index (χ3n) is 3.01. The Morgan fingerprint density at radius 2 is 1.71 bits per heavy atom. The predicted octanol–water partition coefficient (Wildman–Crippen LogP) is 1.61. The molecule has 0 spiro atoms. The summed E-state index contributed by atoms with van der Waals surface area (Å²) in [7, 11) is -1.77. The van der Waals surface area contributed by atoms with Gasteiger partial charge < -0.3 is 14.7 Å². The molecule has 0 fully saturated rings. The van der Waals surface area contributed by atoms with Gasteiger partial charge in [0.1, 0.15) is 5.75 Å². The summed E-state index contributed by atoms with van der Waals surface area (Å²) in [4.78, 5) is 0. The molecule has 0 bridgehead atoms. The third-order valence-corrected chi connectivity index (χ3v) is 3.01. The Kier molecular flexibility index (Phi) is 2.39. The minimum absolute atomic E-state index is 0.478. The Morgan fingerprint density at radius 3 is 2.53 bits per heavy atom. The van der Waals surface area contributed by atoms with E-state index >= 15 is 0 Å². The van der Waals surface area contributed by atoms with E-state index < -0.39 is 7.32 Å². The van der Waals surface area contributed by atoms with Crippen LogP contribution in [0.3, 0.4) is 0 Å². The van der Waals surface area contributed by atoms with Crippen LogP contribution in [0, 0.1) is 0 Å². The lowest BCUT2D eigenvalue weighted by atomic mass is 10.1. The number of hydrogen-bond donors (Lipinski definition) is 2. The standard InChI is InChI=1S/C13H11BO3/c15-14(16)17-11-5-6-13-10(8-11)7-9-3-1-2-4-12(9)13/h1-6,8,15-16H,7H2. The fourth-order valence-corrected chi connectivity index (χ4v) is 2.32. The first-order chi connectivity index (χ1) is 8.24. The van der Waals surface area contributed by atoms with Crippen molar-refractivity contribution in [2.45, 2.75) is 6.42 Å². The summed E-state index contributed by atoms with van der Waals surface area (Å²) < 4.78 is 4.85. The zero-order valence-corrected chi connectivity index (χ0v) is 9.13. The molecule has 2 N–H and O–H groups in total. The van der Waals surface area contributed by atoms with Crippen molar-refractivity contribution in [2.24, 2.45) is 0 Å². The normalized spacial score (nSPS) is 11.9. The van der Waals surface area contributed by atoms with Gasteiger partial charge >= 0.3 is 7.32 Å². The molecule has 1 aliphatic carbocycles. The maximum Gasteiger partial charge on any atom is 0.707 e. The van der Waals surface area contributed by atoms with Crippen LogP contribution in [0.2, 0.25) is 0 Å². The molecule has 0 aromatic heterocycles. The molecule has 2 aromatic rings. The Morgan fingerprint density at radius 1 is 0.941 bits per heavy atom. The predicted molar refractivity (Wildman–Crippen MR) is 65.5 cm³/mol. The lowest BCUT2D eigenvalue weighted by molar-refractivity contribution is 0.288. The van der Waals surface area contributed by atoms with E-state index in [0.29, 0.717) is 5.75 Å². The van der Waals surface area contributed by atoms with Gasteiger partial charge in [-0.2, -0.15) is 0 Å². The molecule has 0 aliphatic heterocycles. The van der Waals surface area contributed by atoms with Crippen LogP contribution in [0.25, 0.3) is 11.1 Å². The molecule has 0 unspecified atom stereocenters. The first kappa shape index (κ1) is 10.4. The lowest BCUT2D eigenvalue weighted by Crippen LogP contribution is -2.20. The molecule has 0 saturated carbocycles. The molecule has 3 nitrogen and oxygen atoms in total. The second-order valence-corrected chi connectivity index (χ2v) is 4.10. The van der Waals surface area contributed by atoms with Crippen molar-refractivity contribution in [3.63, 3.8) is 0 Å². The van der Waals surface area contributed by atoms with Gasteiger partial charge in [0.25, 0.3) is 0 Å². The molecular weight excluding hydrogens is 215 g/mol. The van der Waals surface area contributed by atoms with E-state index in [4.69, 9.17) is 14.7 Å². The fraction of sp³-hybridized carbons (Fsp3) is 0.0769. The van der Waals surface area contributed by atoms with E-state index in [1.807, 2.05) is 24.3 Å². The first-order valence-corrected chi connectivity index (χ1v) is 5.48. The van der Waals surface area contributed by atoms with Gasteiger partial charge in [0.2, 0.25) is 0 Å². The van der Waals surface area contributed by atoms with Crippen molar-refractivity contribution in [1.29, 1.82) is 0 Å². The number of hydrogen-bond acceptors (Lipinski definition) is 3. The summed E-state index contributed by atoms with van der Waals surface area (Å²) in [5.74, 6) is 0.478. The van der Waals surface area contributed by atoms with Crippen LogP contribution in [-0.4, -0.2) is 17.4 Å². The maximum absolute atomic E-state index is 8.76.